The molecular formula is C64H51BN2S. The van der Waals surface area contributed by atoms with E-state index in [0.717, 1.165) is 70.9 Å². The van der Waals surface area contributed by atoms with Gasteiger partial charge >= 0.3 is 0 Å². The standard InChI is InChI=1S/C64H51BN2S/c1-64(2,3)50-35-39-52(40-36-50)66(51-25-13-6-14-26-51)54-41-42-59-58(45-54)65-57-31-19-20-32-61(57)68(55-27-15-7-16-28-55,56-29-17-8-18-30-56)62-44-49(47-23-11-5-12-24-47)43-60(63(62)65)67(59)53-37-33-48(34-38-53)46-21-9-4-10-22-46/h4-45H,1-3H3/i5D,11D,12D,23D,24D. The molecule has 0 aliphatic carbocycles. The van der Waals surface area contributed by atoms with Crippen LogP contribution in [0.15, 0.2) is 274 Å². The lowest BCUT2D eigenvalue weighted by atomic mass is 9.34. The van der Waals surface area contributed by atoms with Crippen molar-refractivity contribution in [1.82, 2.24) is 0 Å². The number of rotatable bonds is 8. The monoisotopic (exact) mass is 895 g/mol. The number of para-hydroxylation sites is 1. The van der Waals surface area contributed by atoms with Crippen LogP contribution in [-0.2, 0) is 5.41 Å². The number of nitrogens with zero attached hydrogens (tertiary/aromatic N) is 2. The molecule has 326 valence electrons. The van der Waals surface area contributed by atoms with Crippen molar-refractivity contribution in [3.63, 3.8) is 0 Å². The molecule has 0 radical (unpaired) electrons. The Morgan fingerprint density at radius 2 is 1.00 bits per heavy atom. The molecule has 0 atom stereocenters. The summed E-state index contributed by atoms with van der Waals surface area (Å²) in [5.74, 6) is 0. The highest BCUT2D eigenvalue weighted by atomic mass is 32.3. The maximum atomic E-state index is 9.44. The molecule has 68 heavy (non-hydrogen) atoms. The Bertz CT molecular complexity index is 3650. The number of anilines is 6. The van der Waals surface area contributed by atoms with Gasteiger partial charge in [-0.05, 0) is 146 Å². The summed E-state index contributed by atoms with van der Waals surface area (Å²) in [7, 11) is -2.36. The Morgan fingerprint density at radius 3 is 1.65 bits per heavy atom. The molecule has 0 N–H and O–H groups in total. The molecule has 4 heteroatoms. The van der Waals surface area contributed by atoms with E-state index in [-0.39, 0.29) is 41.9 Å². The van der Waals surface area contributed by atoms with Gasteiger partial charge in [0, 0.05) is 48.8 Å². The van der Waals surface area contributed by atoms with E-state index in [1.54, 1.807) is 0 Å². The molecular weight excluding hydrogens is 840 g/mol. The van der Waals surface area contributed by atoms with E-state index >= 15 is 0 Å². The maximum absolute atomic E-state index is 9.44. The summed E-state index contributed by atoms with van der Waals surface area (Å²) in [6.45, 7) is 6.47. The van der Waals surface area contributed by atoms with E-state index in [2.05, 4.69) is 249 Å². The Hall–Kier alpha value is -7.79. The molecule has 2 aliphatic rings. The Balaban J connectivity index is 1.21. The molecule has 0 amide bonds. The average molecular weight is 896 g/mol. The summed E-state index contributed by atoms with van der Waals surface area (Å²) in [5, 5.41) is 0. The molecule has 0 saturated carbocycles. The van der Waals surface area contributed by atoms with Crippen molar-refractivity contribution in [2.75, 3.05) is 9.80 Å². The van der Waals surface area contributed by atoms with Crippen LogP contribution in [0.5, 0.6) is 0 Å². The molecule has 0 bridgehead atoms. The van der Waals surface area contributed by atoms with E-state index in [1.807, 2.05) is 6.07 Å². The van der Waals surface area contributed by atoms with Crippen LogP contribution in [0.1, 0.15) is 33.2 Å². The molecule has 12 rings (SSSR count). The van der Waals surface area contributed by atoms with Gasteiger partial charge < -0.3 is 9.80 Å². The molecule has 0 fully saturated rings. The zero-order valence-electron chi connectivity index (χ0n) is 43.2. The smallest absolute Gasteiger partial charge is 0.249 e. The topological polar surface area (TPSA) is 6.48 Å². The number of hydrogen-bond donors (Lipinski definition) is 0. The Kier molecular flexibility index (Phi) is 8.99. The van der Waals surface area contributed by atoms with Crippen molar-refractivity contribution in [2.45, 2.75) is 45.8 Å². The van der Waals surface area contributed by atoms with Gasteiger partial charge in [-0.2, -0.15) is 0 Å². The molecule has 0 unspecified atom stereocenters. The molecule has 10 aromatic rings. The average Bonchev–Trinajstić information content (AvgIpc) is 3.43. The summed E-state index contributed by atoms with van der Waals surface area (Å²) < 4.78 is 45.3. The van der Waals surface area contributed by atoms with Crippen molar-refractivity contribution >= 4 is 67.3 Å². The van der Waals surface area contributed by atoms with Gasteiger partial charge in [0.1, 0.15) is 0 Å². The molecule has 0 saturated heterocycles. The van der Waals surface area contributed by atoms with Crippen molar-refractivity contribution in [2.24, 2.45) is 0 Å². The largest absolute Gasteiger partial charge is 0.311 e. The minimum Gasteiger partial charge on any atom is -0.311 e. The molecule has 10 aromatic carbocycles. The molecule has 2 nitrogen and oxygen atoms in total. The van der Waals surface area contributed by atoms with Crippen LogP contribution in [-0.4, -0.2) is 6.71 Å². The van der Waals surface area contributed by atoms with E-state index in [4.69, 9.17) is 4.11 Å². The SMILES string of the molecule is [2H]c1c([2H])c([2H])c(-c2cc3c4c(c2)S(c2ccccc2)(c2ccccc2)c2ccccc2B4c2cc(N(c4ccccc4)c4ccc(C(C)(C)C)cc4)ccc2N3c2ccc(-c3ccccc3)cc2)c([2H])c1[2H]. The Labute approximate surface area is 410 Å². The fourth-order valence-corrected chi connectivity index (χ4v) is 14.8. The Morgan fingerprint density at radius 1 is 0.441 bits per heavy atom. The van der Waals surface area contributed by atoms with Gasteiger partial charge in [-0.25, -0.2) is 0 Å². The quantitative estimate of drug-likeness (QED) is 0.140. The first-order valence-corrected chi connectivity index (χ1v) is 24.9. The third kappa shape index (κ3) is 6.90. The van der Waals surface area contributed by atoms with Crippen LogP contribution in [0.4, 0.5) is 34.1 Å². The summed E-state index contributed by atoms with van der Waals surface area (Å²) in [6, 6.07) is 78.6. The minimum atomic E-state index is -2.36. The van der Waals surface area contributed by atoms with Gasteiger partial charge in [-0.1, -0.05) is 184 Å². The number of hydrogen-bond acceptors (Lipinski definition) is 2. The predicted molar refractivity (Wildman–Crippen MR) is 290 cm³/mol. The van der Waals surface area contributed by atoms with Gasteiger partial charge in [0.15, 0.2) is 0 Å². The van der Waals surface area contributed by atoms with Gasteiger partial charge in [0.25, 0.3) is 0 Å². The van der Waals surface area contributed by atoms with Gasteiger partial charge in [-0.15, -0.1) is 10.0 Å². The third-order valence-electron chi connectivity index (χ3n) is 13.6. The molecule has 0 aromatic heterocycles. The van der Waals surface area contributed by atoms with Crippen LogP contribution in [0.3, 0.4) is 0 Å². The lowest BCUT2D eigenvalue weighted by molar-refractivity contribution is 0.590. The fraction of sp³-hybridized carbons (Fsp3) is 0.0625. The minimum absolute atomic E-state index is 0.0107. The van der Waals surface area contributed by atoms with E-state index in [9.17, 15) is 2.74 Å². The summed E-state index contributed by atoms with van der Waals surface area (Å²) in [4.78, 5) is 9.24. The van der Waals surface area contributed by atoms with Crippen LogP contribution in [0.25, 0.3) is 22.3 Å². The lowest BCUT2D eigenvalue weighted by Gasteiger charge is -2.51. The number of benzene rings is 10. The van der Waals surface area contributed by atoms with Crippen molar-refractivity contribution in [3.8, 4) is 22.3 Å². The fourth-order valence-electron chi connectivity index (χ4n) is 10.5. The molecule has 0 spiro atoms. The maximum Gasteiger partial charge on any atom is 0.249 e. The zero-order chi connectivity index (χ0) is 50.2. The first-order valence-electron chi connectivity index (χ1n) is 25.8. The van der Waals surface area contributed by atoms with Crippen molar-refractivity contribution in [1.29, 1.82) is 0 Å². The second kappa shape index (κ2) is 16.8. The highest BCUT2D eigenvalue weighted by Gasteiger charge is 2.49. The number of fused-ring (bicyclic) bond motifs is 4. The molecule has 2 aliphatic heterocycles. The van der Waals surface area contributed by atoms with Crippen LogP contribution in [0, 0.1) is 0 Å². The second-order valence-corrected chi connectivity index (χ2v) is 21.6. The van der Waals surface area contributed by atoms with Crippen molar-refractivity contribution in [3.05, 3.63) is 260 Å². The summed E-state index contributed by atoms with van der Waals surface area (Å²) in [6.07, 6.45) is 0. The predicted octanol–water partition coefficient (Wildman–Crippen LogP) is 15.7. The first kappa shape index (κ1) is 36.3. The van der Waals surface area contributed by atoms with Crippen LogP contribution in [0.2, 0.25) is 0 Å². The lowest BCUT2D eigenvalue weighted by Crippen LogP contribution is -2.61. The molecule has 2 heterocycles. The van der Waals surface area contributed by atoms with Crippen LogP contribution < -0.4 is 26.2 Å². The summed E-state index contributed by atoms with van der Waals surface area (Å²) in [5.41, 5.74) is 13.6. The van der Waals surface area contributed by atoms with Crippen molar-refractivity contribution < 1.29 is 6.85 Å². The van der Waals surface area contributed by atoms with Gasteiger partial charge in [-0.3, -0.25) is 0 Å². The normalized spacial score (nSPS) is 14.8. The van der Waals surface area contributed by atoms with E-state index in [1.165, 1.54) is 15.9 Å². The zero-order valence-corrected chi connectivity index (χ0v) is 39.1. The highest BCUT2D eigenvalue weighted by molar-refractivity contribution is 8.34. The van der Waals surface area contributed by atoms with Gasteiger partial charge in [0.2, 0.25) is 6.71 Å². The van der Waals surface area contributed by atoms with Gasteiger partial charge in [0.05, 0.1) is 6.85 Å². The second-order valence-electron chi connectivity index (χ2n) is 18.6. The van der Waals surface area contributed by atoms with E-state index < -0.39 is 16.1 Å². The van der Waals surface area contributed by atoms with Crippen LogP contribution >= 0.6 is 10.0 Å². The first-order chi connectivity index (χ1) is 35.4. The third-order valence-corrected chi connectivity index (χ3v) is 17.6. The highest BCUT2D eigenvalue weighted by Crippen LogP contribution is 2.74. The summed E-state index contributed by atoms with van der Waals surface area (Å²) >= 11 is 0. The van der Waals surface area contributed by atoms with E-state index in [0.29, 0.717) is 5.56 Å².